The predicted molar refractivity (Wildman–Crippen MR) is 115 cm³/mol. The predicted octanol–water partition coefficient (Wildman–Crippen LogP) is 3.38. The normalized spacial score (nSPS) is 14.3. The van der Waals surface area contributed by atoms with Crippen molar-refractivity contribution in [3.63, 3.8) is 0 Å². The molecule has 31 heavy (non-hydrogen) atoms. The van der Waals surface area contributed by atoms with E-state index in [0.29, 0.717) is 10.6 Å². The van der Waals surface area contributed by atoms with Gasteiger partial charge in [0.1, 0.15) is 5.82 Å². The monoisotopic (exact) mass is 455 g/mol. The van der Waals surface area contributed by atoms with Gasteiger partial charge in [-0.1, -0.05) is 29.8 Å². The van der Waals surface area contributed by atoms with E-state index in [-0.39, 0.29) is 22.0 Å². The first kappa shape index (κ1) is 20.6. The number of nitrogens with one attached hydrogen (secondary N) is 1. The molecule has 8 nitrogen and oxygen atoms in total. The summed E-state index contributed by atoms with van der Waals surface area (Å²) in [5, 5.41) is 10.7. The fraction of sp³-hybridized carbons (Fsp3) is 0. The molecule has 0 radical (unpaired) electrons. The summed E-state index contributed by atoms with van der Waals surface area (Å²) in [5.41, 5.74) is 0.291. The van der Waals surface area contributed by atoms with Crippen LogP contribution in [0.1, 0.15) is 5.56 Å². The van der Waals surface area contributed by atoms with Crippen molar-refractivity contribution in [1.29, 1.82) is 0 Å². The molecular weight excluding hydrogens is 442 g/mol. The van der Waals surface area contributed by atoms with Gasteiger partial charge in [-0.15, -0.1) is 0 Å². The average molecular weight is 456 g/mol. The number of imide groups is 1. The highest BCUT2D eigenvalue weighted by molar-refractivity contribution is 7.92. The minimum atomic E-state index is -3.92. The zero-order chi connectivity index (χ0) is 22.2. The second kappa shape index (κ2) is 7.86. The van der Waals surface area contributed by atoms with Crippen LogP contribution < -0.4 is 9.62 Å². The minimum Gasteiger partial charge on any atom is -0.502 e. The summed E-state index contributed by atoms with van der Waals surface area (Å²) < 4.78 is 27.4. The van der Waals surface area contributed by atoms with E-state index in [1.165, 1.54) is 60.8 Å². The number of halogens is 1. The molecule has 1 aliphatic heterocycles. The van der Waals surface area contributed by atoms with Crippen LogP contribution in [0.4, 0.5) is 11.5 Å². The number of benzene rings is 2. The molecule has 2 N–H and O–H groups in total. The van der Waals surface area contributed by atoms with Crippen LogP contribution in [-0.4, -0.2) is 30.3 Å². The van der Waals surface area contributed by atoms with Gasteiger partial charge >= 0.3 is 5.91 Å². The summed E-state index contributed by atoms with van der Waals surface area (Å²) in [7, 11) is -3.92. The molecule has 10 heteroatoms. The second-order valence-corrected chi connectivity index (χ2v) is 8.61. The van der Waals surface area contributed by atoms with Gasteiger partial charge in [-0.3, -0.25) is 14.3 Å². The van der Waals surface area contributed by atoms with Gasteiger partial charge in [-0.2, -0.15) is 0 Å². The SMILES string of the molecule is O=C1C(O)=C(c2ccc(Cl)cc2)C(=O)N1c1ccc(S(=O)(=O)Nc2ccccn2)cc1. The number of hydrogen-bond donors (Lipinski definition) is 2. The average Bonchev–Trinajstić information content (AvgIpc) is 2.98. The van der Waals surface area contributed by atoms with E-state index in [1.807, 2.05) is 0 Å². The Balaban J connectivity index is 1.60. The standard InChI is InChI=1S/C21H14ClN3O5S/c22-14-6-4-13(5-7-14)18-19(26)21(28)25(20(18)27)15-8-10-16(11-9-15)31(29,30)24-17-3-1-2-12-23-17/h1-12,26H,(H,23,24). The number of amides is 2. The number of aromatic nitrogens is 1. The van der Waals surface area contributed by atoms with Gasteiger partial charge in [0.05, 0.1) is 16.2 Å². The summed E-state index contributed by atoms with van der Waals surface area (Å²) in [4.78, 5) is 30.0. The number of hydrogen-bond acceptors (Lipinski definition) is 6. The second-order valence-electron chi connectivity index (χ2n) is 6.49. The van der Waals surface area contributed by atoms with Crippen LogP contribution in [0.5, 0.6) is 0 Å². The lowest BCUT2D eigenvalue weighted by Crippen LogP contribution is -2.31. The molecule has 4 rings (SSSR count). The summed E-state index contributed by atoms with van der Waals surface area (Å²) in [5.74, 6) is -2.18. The zero-order valence-corrected chi connectivity index (χ0v) is 17.3. The smallest absolute Gasteiger partial charge is 0.301 e. The van der Waals surface area contributed by atoms with Crippen molar-refractivity contribution in [1.82, 2.24) is 4.98 Å². The van der Waals surface area contributed by atoms with E-state index in [0.717, 1.165) is 4.90 Å². The number of pyridine rings is 1. The Morgan fingerprint density at radius 2 is 1.58 bits per heavy atom. The van der Waals surface area contributed by atoms with Gasteiger partial charge in [-0.05, 0) is 54.1 Å². The molecule has 0 atom stereocenters. The maximum atomic E-state index is 12.9. The van der Waals surface area contributed by atoms with Crippen LogP contribution >= 0.6 is 11.6 Å². The summed E-state index contributed by atoms with van der Waals surface area (Å²) >= 11 is 5.85. The van der Waals surface area contributed by atoms with E-state index in [4.69, 9.17) is 11.6 Å². The van der Waals surface area contributed by atoms with Gasteiger partial charge in [0.15, 0.2) is 5.76 Å². The fourth-order valence-corrected chi connectivity index (χ4v) is 4.16. The number of carbonyl (C=O) groups excluding carboxylic acids is 2. The number of sulfonamides is 1. The summed E-state index contributed by atoms with van der Waals surface area (Å²) in [6, 6.07) is 16.0. The Morgan fingerprint density at radius 1 is 0.903 bits per heavy atom. The fourth-order valence-electron chi connectivity index (χ4n) is 3.02. The molecule has 2 heterocycles. The highest BCUT2D eigenvalue weighted by Gasteiger charge is 2.40. The largest absolute Gasteiger partial charge is 0.502 e. The molecule has 2 aromatic carbocycles. The van der Waals surface area contributed by atoms with E-state index in [9.17, 15) is 23.1 Å². The Morgan fingerprint density at radius 3 is 2.19 bits per heavy atom. The van der Waals surface area contributed by atoms with Gasteiger partial charge < -0.3 is 5.11 Å². The van der Waals surface area contributed by atoms with Crippen LogP contribution in [0.25, 0.3) is 5.57 Å². The van der Waals surface area contributed by atoms with Crippen LogP contribution in [0.15, 0.2) is 83.6 Å². The highest BCUT2D eigenvalue weighted by atomic mass is 35.5. The van der Waals surface area contributed by atoms with Gasteiger partial charge in [0.25, 0.3) is 15.9 Å². The molecule has 0 fully saturated rings. The molecule has 0 saturated carbocycles. The topological polar surface area (TPSA) is 117 Å². The van der Waals surface area contributed by atoms with Gasteiger partial charge in [0, 0.05) is 11.2 Å². The van der Waals surface area contributed by atoms with E-state index < -0.39 is 27.6 Å². The van der Waals surface area contributed by atoms with E-state index in [1.54, 1.807) is 12.1 Å². The van der Waals surface area contributed by atoms with Crippen LogP contribution in [0.2, 0.25) is 5.02 Å². The third-order valence-electron chi connectivity index (χ3n) is 4.50. The van der Waals surface area contributed by atoms with Crippen molar-refractivity contribution in [3.05, 3.63) is 89.3 Å². The highest BCUT2D eigenvalue weighted by Crippen LogP contribution is 2.32. The Labute approximate surface area is 182 Å². The molecular formula is C21H14ClN3O5S. The lowest BCUT2D eigenvalue weighted by molar-refractivity contribution is -0.121. The molecule has 0 aliphatic carbocycles. The molecule has 1 aromatic heterocycles. The number of rotatable bonds is 5. The van der Waals surface area contributed by atoms with Crippen molar-refractivity contribution >= 4 is 50.5 Å². The van der Waals surface area contributed by atoms with Gasteiger partial charge in [-0.25, -0.2) is 18.3 Å². The molecule has 0 saturated heterocycles. The van der Waals surface area contributed by atoms with Crippen molar-refractivity contribution in [3.8, 4) is 0 Å². The molecule has 0 unspecified atom stereocenters. The number of carbonyl (C=O) groups is 2. The molecule has 156 valence electrons. The van der Waals surface area contributed by atoms with Crippen molar-refractivity contribution in [2.75, 3.05) is 9.62 Å². The Bertz CT molecular complexity index is 1310. The van der Waals surface area contributed by atoms with Crippen LogP contribution in [0, 0.1) is 0 Å². The lowest BCUT2D eigenvalue weighted by Gasteiger charge is -2.15. The first-order valence-corrected chi connectivity index (χ1v) is 10.8. The first-order valence-electron chi connectivity index (χ1n) is 8.90. The Kier molecular flexibility index (Phi) is 5.22. The lowest BCUT2D eigenvalue weighted by atomic mass is 10.1. The molecule has 1 aliphatic rings. The number of anilines is 2. The Hall–Kier alpha value is -3.69. The van der Waals surface area contributed by atoms with E-state index in [2.05, 4.69) is 9.71 Å². The molecule has 3 aromatic rings. The number of aliphatic hydroxyl groups is 1. The summed E-state index contributed by atoms with van der Waals surface area (Å²) in [6.45, 7) is 0. The minimum absolute atomic E-state index is 0.0869. The van der Waals surface area contributed by atoms with Crippen molar-refractivity contribution in [2.45, 2.75) is 4.90 Å². The van der Waals surface area contributed by atoms with Crippen LogP contribution in [-0.2, 0) is 19.6 Å². The molecule has 0 spiro atoms. The third kappa shape index (κ3) is 3.88. The third-order valence-corrected chi connectivity index (χ3v) is 6.12. The number of aliphatic hydroxyl groups excluding tert-OH is 1. The quantitative estimate of drug-likeness (QED) is 0.569. The maximum Gasteiger partial charge on any atom is 0.301 e. The van der Waals surface area contributed by atoms with E-state index >= 15 is 0 Å². The van der Waals surface area contributed by atoms with Crippen molar-refractivity contribution in [2.24, 2.45) is 0 Å². The zero-order valence-electron chi connectivity index (χ0n) is 15.7. The van der Waals surface area contributed by atoms with Crippen LogP contribution in [0.3, 0.4) is 0 Å². The molecule has 0 bridgehead atoms. The van der Waals surface area contributed by atoms with Gasteiger partial charge in [0.2, 0.25) is 0 Å². The van der Waals surface area contributed by atoms with Crippen molar-refractivity contribution < 1.29 is 23.1 Å². The molecule has 2 amide bonds. The maximum absolute atomic E-state index is 12.9. The number of nitrogens with zero attached hydrogens (tertiary/aromatic N) is 2. The summed E-state index contributed by atoms with van der Waals surface area (Å²) in [6.07, 6.45) is 1.45. The first-order chi connectivity index (χ1) is 14.8.